The van der Waals surface area contributed by atoms with Crippen molar-refractivity contribution in [3.05, 3.63) is 46.2 Å². The number of carbonyl (C=O) groups excluding carboxylic acids is 1. The molecule has 5 nitrogen and oxygen atoms in total. The summed E-state index contributed by atoms with van der Waals surface area (Å²) in [5.74, 6) is 1.17. The maximum Gasteiger partial charge on any atom is 0.222 e. The van der Waals surface area contributed by atoms with E-state index in [1.54, 1.807) is 11.3 Å². The number of hydrogen-bond acceptors (Lipinski definition) is 5. The summed E-state index contributed by atoms with van der Waals surface area (Å²) >= 11 is 1.63. The first-order valence-corrected chi connectivity index (χ1v) is 9.61. The van der Waals surface area contributed by atoms with Gasteiger partial charge in [-0.25, -0.2) is 9.97 Å². The molecule has 3 heterocycles. The Morgan fingerprint density at radius 3 is 3.08 bits per heavy atom. The second-order valence-corrected chi connectivity index (χ2v) is 7.50. The molecule has 0 unspecified atom stereocenters. The molecule has 25 heavy (non-hydrogen) atoms. The van der Waals surface area contributed by atoms with Crippen LogP contribution in [-0.4, -0.2) is 33.9 Å². The molecule has 0 N–H and O–H groups in total. The van der Waals surface area contributed by atoms with Gasteiger partial charge in [0, 0.05) is 24.4 Å². The summed E-state index contributed by atoms with van der Waals surface area (Å²) in [6.45, 7) is 3.53. The number of nitrogens with zero attached hydrogens (tertiary/aromatic N) is 3. The number of thiazole rings is 1. The lowest BCUT2D eigenvalue weighted by molar-refractivity contribution is -0.132. The molecule has 0 spiro atoms. The van der Waals surface area contributed by atoms with E-state index in [4.69, 9.17) is 4.42 Å². The fraction of sp³-hybridized carbons (Fsp3) is 0.421. The molecule has 1 amide bonds. The summed E-state index contributed by atoms with van der Waals surface area (Å²) in [5, 5.41) is 0. The van der Waals surface area contributed by atoms with Crippen LogP contribution < -0.4 is 0 Å². The van der Waals surface area contributed by atoms with E-state index in [9.17, 15) is 4.79 Å². The number of piperidine rings is 1. The van der Waals surface area contributed by atoms with Crippen LogP contribution in [0.25, 0.3) is 11.1 Å². The molecule has 1 aliphatic heterocycles. The van der Waals surface area contributed by atoms with Crippen molar-refractivity contribution in [2.24, 2.45) is 0 Å². The molecule has 0 radical (unpaired) electrons. The average Bonchev–Trinajstić information content (AvgIpc) is 3.25. The number of para-hydroxylation sites is 2. The molecule has 3 aromatic rings. The Kier molecular flexibility index (Phi) is 4.53. The second-order valence-electron chi connectivity index (χ2n) is 6.56. The molecule has 130 valence electrons. The van der Waals surface area contributed by atoms with E-state index in [0.29, 0.717) is 13.0 Å². The number of benzene rings is 1. The molecule has 1 atom stereocenters. The lowest BCUT2D eigenvalue weighted by atomic mass is 9.97. The Hall–Kier alpha value is -2.21. The summed E-state index contributed by atoms with van der Waals surface area (Å²) in [6, 6.07) is 7.82. The van der Waals surface area contributed by atoms with Gasteiger partial charge in [-0.05, 0) is 38.3 Å². The normalized spacial score (nSPS) is 18.0. The predicted molar refractivity (Wildman–Crippen MR) is 97.7 cm³/mol. The van der Waals surface area contributed by atoms with E-state index in [1.165, 1.54) is 4.88 Å². The minimum atomic E-state index is 0.190. The molecule has 1 aromatic carbocycles. The second kappa shape index (κ2) is 6.96. The van der Waals surface area contributed by atoms with E-state index < -0.39 is 0 Å². The number of rotatable bonds is 4. The largest absolute Gasteiger partial charge is 0.440 e. The zero-order valence-corrected chi connectivity index (χ0v) is 15.1. The van der Waals surface area contributed by atoms with Gasteiger partial charge in [0.2, 0.25) is 5.91 Å². The summed E-state index contributed by atoms with van der Waals surface area (Å²) in [6.07, 6.45) is 3.34. The van der Waals surface area contributed by atoms with Gasteiger partial charge >= 0.3 is 0 Å². The van der Waals surface area contributed by atoms with Gasteiger partial charge in [-0.2, -0.15) is 0 Å². The molecular formula is C19H21N3O2S. The maximum absolute atomic E-state index is 12.6. The molecule has 0 bridgehead atoms. The molecule has 1 saturated heterocycles. The number of aromatic nitrogens is 2. The third-order valence-corrected chi connectivity index (χ3v) is 5.84. The van der Waals surface area contributed by atoms with Gasteiger partial charge in [-0.3, -0.25) is 4.79 Å². The van der Waals surface area contributed by atoms with E-state index in [1.807, 2.05) is 41.6 Å². The monoisotopic (exact) mass is 355 g/mol. The van der Waals surface area contributed by atoms with Crippen LogP contribution in [0.5, 0.6) is 0 Å². The van der Waals surface area contributed by atoms with Crippen molar-refractivity contribution < 1.29 is 9.21 Å². The highest BCUT2D eigenvalue weighted by Crippen LogP contribution is 2.29. The highest BCUT2D eigenvalue weighted by molar-refractivity contribution is 7.09. The Morgan fingerprint density at radius 2 is 2.28 bits per heavy atom. The zero-order valence-electron chi connectivity index (χ0n) is 14.3. The third kappa shape index (κ3) is 3.44. The van der Waals surface area contributed by atoms with Crippen molar-refractivity contribution >= 4 is 28.3 Å². The fourth-order valence-corrected chi connectivity index (χ4v) is 4.20. The van der Waals surface area contributed by atoms with Gasteiger partial charge in [0.15, 0.2) is 11.5 Å². The predicted octanol–water partition coefficient (Wildman–Crippen LogP) is 3.93. The number of fused-ring (bicyclic) bond motifs is 1. The first-order chi connectivity index (χ1) is 12.2. The number of oxazole rings is 1. The van der Waals surface area contributed by atoms with Gasteiger partial charge in [-0.15, -0.1) is 11.3 Å². The van der Waals surface area contributed by atoms with Crippen LogP contribution in [0.15, 0.2) is 34.2 Å². The number of carbonyl (C=O) groups is 1. The number of likely N-dealkylation sites (tertiary alicyclic amines) is 1. The number of hydrogen-bond donors (Lipinski definition) is 0. The smallest absolute Gasteiger partial charge is 0.222 e. The van der Waals surface area contributed by atoms with Crippen molar-refractivity contribution in [1.82, 2.24) is 14.9 Å². The third-order valence-electron chi connectivity index (χ3n) is 4.84. The van der Waals surface area contributed by atoms with E-state index in [-0.39, 0.29) is 11.8 Å². The van der Waals surface area contributed by atoms with Crippen molar-refractivity contribution in [1.29, 1.82) is 0 Å². The minimum absolute atomic E-state index is 0.190. The minimum Gasteiger partial charge on any atom is -0.440 e. The maximum atomic E-state index is 12.6. The SMILES string of the molecule is Cc1ncsc1CCC(=O)N1CCC[C@@H](c2nc3ccccc3o2)C1. The van der Waals surface area contributed by atoms with Gasteiger partial charge < -0.3 is 9.32 Å². The fourth-order valence-electron chi connectivity index (χ4n) is 3.41. The molecule has 0 aliphatic carbocycles. The standard InChI is InChI=1S/C19H21N3O2S/c1-13-17(25-12-20-13)8-9-18(23)22-10-4-5-14(11-22)19-21-15-6-2-3-7-16(15)24-19/h2-3,6-7,12,14H,4-5,8-11H2,1H3/t14-/m1/s1. The lowest BCUT2D eigenvalue weighted by Gasteiger charge is -2.31. The zero-order chi connectivity index (χ0) is 17.2. The summed E-state index contributed by atoms with van der Waals surface area (Å²) in [5.41, 5.74) is 4.60. The highest BCUT2D eigenvalue weighted by Gasteiger charge is 2.28. The van der Waals surface area contributed by atoms with Crippen molar-refractivity contribution in [3.63, 3.8) is 0 Å². The van der Waals surface area contributed by atoms with E-state index in [0.717, 1.165) is 48.5 Å². The van der Waals surface area contributed by atoms with Crippen LogP contribution in [0.4, 0.5) is 0 Å². The van der Waals surface area contributed by atoms with Gasteiger partial charge in [-0.1, -0.05) is 12.1 Å². The Morgan fingerprint density at radius 1 is 1.40 bits per heavy atom. The summed E-state index contributed by atoms with van der Waals surface area (Å²) in [7, 11) is 0. The Labute approximate surface area is 150 Å². The quantitative estimate of drug-likeness (QED) is 0.711. The molecule has 0 saturated carbocycles. The first kappa shape index (κ1) is 16.3. The van der Waals surface area contributed by atoms with Crippen LogP contribution in [-0.2, 0) is 11.2 Å². The van der Waals surface area contributed by atoms with Crippen LogP contribution >= 0.6 is 11.3 Å². The highest BCUT2D eigenvalue weighted by atomic mass is 32.1. The molecule has 4 rings (SSSR count). The number of aryl methyl sites for hydroxylation is 2. The summed E-state index contributed by atoms with van der Waals surface area (Å²) in [4.78, 5) is 24.7. The number of amides is 1. The topological polar surface area (TPSA) is 59.2 Å². The molecule has 1 fully saturated rings. The van der Waals surface area contributed by atoms with Crippen molar-refractivity contribution in [2.75, 3.05) is 13.1 Å². The average molecular weight is 355 g/mol. The Balaban J connectivity index is 1.41. The molecule has 6 heteroatoms. The van der Waals surface area contributed by atoms with E-state index in [2.05, 4.69) is 9.97 Å². The molecular weight excluding hydrogens is 334 g/mol. The Bertz CT molecular complexity index is 853. The molecule has 1 aliphatic rings. The van der Waals surface area contributed by atoms with Crippen LogP contribution in [0.3, 0.4) is 0 Å². The van der Waals surface area contributed by atoms with Crippen LogP contribution in [0, 0.1) is 6.92 Å². The molecule has 2 aromatic heterocycles. The lowest BCUT2D eigenvalue weighted by Crippen LogP contribution is -2.39. The van der Waals surface area contributed by atoms with Crippen LogP contribution in [0.1, 0.15) is 41.6 Å². The van der Waals surface area contributed by atoms with Crippen LogP contribution in [0.2, 0.25) is 0 Å². The van der Waals surface area contributed by atoms with Gasteiger partial charge in [0.25, 0.3) is 0 Å². The van der Waals surface area contributed by atoms with Gasteiger partial charge in [0.1, 0.15) is 5.52 Å². The van der Waals surface area contributed by atoms with Gasteiger partial charge in [0.05, 0.1) is 17.1 Å². The van der Waals surface area contributed by atoms with Crippen molar-refractivity contribution in [2.45, 2.75) is 38.5 Å². The first-order valence-electron chi connectivity index (χ1n) is 8.73. The van der Waals surface area contributed by atoms with Crippen molar-refractivity contribution in [3.8, 4) is 0 Å². The summed E-state index contributed by atoms with van der Waals surface area (Å²) < 4.78 is 5.91. The van der Waals surface area contributed by atoms with E-state index >= 15 is 0 Å².